The van der Waals surface area contributed by atoms with Crippen molar-refractivity contribution in [1.82, 2.24) is 4.31 Å². The maximum atomic E-state index is 12.7. The Labute approximate surface area is 138 Å². The Kier molecular flexibility index (Phi) is 4.41. The topological polar surface area (TPSA) is 40.6 Å². The minimum absolute atomic E-state index is 0.382. The van der Waals surface area contributed by atoms with Crippen molar-refractivity contribution in [2.45, 2.75) is 18.7 Å². The van der Waals surface area contributed by atoms with E-state index in [1.807, 2.05) is 31.2 Å². The molecule has 23 heavy (non-hydrogen) atoms. The molecule has 0 spiro atoms. The second kappa shape index (κ2) is 6.34. The number of sulfonamides is 1. The number of benzene rings is 2. The van der Waals surface area contributed by atoms with Crippen molar-refractivity contribution in [1.29, 1.82) is 0 Å². The molecule has 2 aromatic carbocycles. The number of hydrogen-bond donors (Lipinski definition) is 0. The molecule has 5 heteroatoms. The van der Waals surface area contributed by atoms with Gasteiger partial charge in [-0.1, -0.05) is 35.9 Å². The van der Waals surface area contributed by atoms with Gasteiger partial charge in [-0.3, -0.25) is 0 Å². The molecule has 0 aromatic heterocycles. The molecule has 0 unspecified atom stereocenters. The van der Waals surface area contributed by atoms with Gasteiger partial charge in [-0.2, -0.15) is 4.31 Å². The van der Waals surface area contributed by atoms with E-state index >= 15 is 0 Å². The molecule has 1 saturated heterocycles. The zero-order chi connectivity index (χ0) is 16.4. The maximum Gasteiger partial charge on any atom is 0.243 e. The number of para-hydroxylation sites is 1. The summed E-state index contributed by atoms with van der Waals surface area (Å²) in [6.07, 6.45) is 0. The zero-order valence-corrected chi connectivity index (χ0v) is 14.4. The van der Waals surface area contributed by atoms with Crippen LogP contribution in [-0.4, -0.2) is 38.9 Å². The van der Waals surface area contributed by atoms with Crippen LogP contribution in [0.1, 0.15) is 11.1 Å². The molecule has 1 heterocycles. The lowest BCUT2D eigenvalue weighted by molar-refractivity contribution is 0.385. The summed E-state index contributed by atoms with van der Waals surface area (Å²) < 4.78 is 27.0. The second-order valence-electron chi connectivity index (χ2n) is 5.99. The molecule has 2 aromatic rings. The van der Waals surface area contributed by atoms with Gasteiger partial charge in [0.1, 0.15) is 0 Å². The molecule has 1 aliphatic rings. The van der Waals surface area contributed by atoms with Crippen molar-refractivity contribution in [2.24, 2.45) is 0 Å². The predicted molar refractivity (Wildman–Crippen MR) is 93.3 cm³/mol. The standard InChI is InChI=1S/C18H22N2O2S/c1-15-7-9-17(10-8-15)23(21,22)20-13-11-19(12-14-20)18-6-4-3-5-16(18)2/h3-10H,11-14H2,1-2H3. The van der Waals surface area contributed by atoms with Gasteiger partial charge in [0.05, 0.1) is 4.90 Å². The number of nitrogens with zero attached hydrogens (tertiary/aromatic N) is 2. The van der Waals surface area contributed by atoms with Gasteiger partial charge in [0.25, 0.3) is 0 Å². The third-order valence-electron chi connectivity index (χ3n) is 4.35. The highest BCUT2D eigenvalue weighted by atomic mass is 32.2. The van der Waals surface area contributed by atoms with Crippen molar-refractivity contribution in [3.8, 4) is 0 Å². The summed E-state index contributed by atoms with van der Waals surface area (Å²) in [7, 11) is -3.39. The van der Waals surface area contributed by atoms with E-state index in [0.29, 0.717) is 18.0 Å². The minimum atomic E-state index is -3.39. The molecule has 3 rings (SSSR count). The van der Waals surface area contributed by atoms with Gasteiger partial charge < -0.3 is 4.90 Å². The molecular formula is C18H22N2O2S. The van der Waals surface area contributed by atoms with Gasteiger partial charge in [0.2, 0.25) is 10.0 Å². The Hall–Kier alpha value is -1.85. The lowest BCUT2D eigenvalue weighted by Gasteiger charge is -2.36. The number of anilines is 1. The molecular weight excluding hydrogens is 308 g/mol. The van der Waals surface area contributed by atoms with E-state index < -0.39 is 10.0 Å². The summed E-state index contributed by atoms with van der Waals surface area (Å²) in [4.78, 5) is 2.64. The Morgan fingerprint density at radius 3 is 2.04 bits per heavy atom. The first-order chi connectivity index (χ1) is 11.0. The van der Waals surface area contributed by atoms with Gasteiger partial charge >= 0.3 is 0 Å². The van der Waals surface area contributed by atoms with Crippen LogP contribution in [0, 0.1) is 13.8 Å². The molecule has 0 aliphatic carbocycles. The molecule has 4 nitrogen and oxygen atoms in total. The number of rotatable bonds is 3. The monoisotopic (exact) mass is 330 g/mol. The predicted octanol–water partition coefficient (Wildman–Crippen LogP) is 2.81. The maximum absolute atomic E-state index is 12.7. The molecule has 122 valence electrons. The molecule has 1 aliphatic heterocycles. The number of aryl methyl sites for hydroxylation is 2. The molecule has 1 fully saturated rings. The fourth-order valence-corrected chi connectivity index (χ4v) is 4.37. The van der Waals surface area contributed by atoms with Crippen molar-refractivity contribution < 1.29 is 8.42 Å². The van der Waals surface area contributed by atoms with Crippen LogP contribution in [0.5, 0.6) is 0 Å². The summed E-state index contributed by atoms with van der Waals surface area (Å²) in [6, 6.07) is 15.3. The number of hydrogen-bond acceptors (Lipinski definition) is 3. The summed E-state index contributed by atoms with van der Waals surface area (Å²) >= 11 is 0. The quantitative estimate of drug-likeness (QED) is 0.869. The van der Waals surface area contributed by atoms with Gasteiger partial charge in [0.15, 0.2) is 0 Å². The smallest absolute Gasteiger partial charge is 0.243 e. The third-order valence-corrected chi connectivity index (χ3v) is 6.27. The second-order valence-corrected chi connectivity index (χ2v) is 7.93. The third kappa shape index (κ3) is 3.26. The van der Waals surface area contributed by atoms with Crippen LogP contribution in [0.2, 0.25) is 0 Å². The average molecular weight is 330 g/mol. The summed E-state index contributed by atoms with van der Waals surface area (Å²) in [5, 5.41) is 0. The number of piperazine rings is 1. The van der Waals surface area contributed by atoms with Crippen LogP contribution in [0.4, 0.5) is 5.69 Å². The van der Waals surface area contributed by atoms with Gasteiger partial charge in [0, 0.05) is 31.9 Å². The van der Waals surface area contributed by atoms with E-state index in [1.165, 1.54) is 11.3 Å². The fraction of sp³-hybridized carbons (Fsp3) is 0.333. The normalized spacial score (nSPS) is 16.5. The van der Waals surface area contributed by atoms with E-state index in [-0.39, 0.29) is 0 Å². The fourth-order valence-electron chi connectivity index (χ4n) is 2.95. The highest BCUT2D eigenvalue weighted by Crippen LogP contribution is 2.23. The van der Waals surface area contributed by atoms with Gasteiger partial charge in [-0.25, -0.2) is 8.42 Å². The molecule has 0 amide bonds. The van der Waals surface area contributed by atoms with E-state index in [2.05, 4.69) is 24.0 Å². The average Bonchev–Trinajstić information content (AvgIpc) is 2.56. The summed E-state index contributed by atoms with van der Waals surface area (Å²) in [6.45, 7) is 6.52. The highest BCUT2D eigenvalue weighted by Gasteiger charge is 2.28. The first-order valence-electron chi connectivity index (χ1n) is 7.86. The molecule has 0 saturated carbocycles. The van der Waals surface area contributed by atoms with E-state index in [4.69, 9.17) is 0 Å². The van der Waals surface area contributed by atoms with Crippen LogP contribution in [-0.2, 0) is 10.0 Å². The van der Waals surface area contributed by atoms with Crippen molar-refractivity contribution in [3.05, 3.63) is 59.7 Å². The lowest BCUT2D eigenvalue weighted by atomic mass is 10.1. The largest absolute Gasteiger partial charge is 0.369 e. The zero-order valence-electron chi connectivity index (χ0n) is 13.6. The van der Waals surface area contributed by atoms with Crippen LogP contribution in [0.25, 0.3) is 0 Å². The summed E-state index contributed by atoms with van der Waals surface area (Å²) in [5.74, 6) is 0. The Morgan fingerprint density at radius 1 is 0.826 bits per heavy atom. The molecule has 0 N–H and O–H groups in total. The van der Waals surface area contributed by atoms with Crippen LogP contribution in [0.15, 0.2) is 53.4 Å². The SMILES string of the molecule is Cc1ccc(S(=O)(=O)N2CCN(c3ccccc3C)CC2)cc1. The summed E-state index contributed by atoms with van der Waals surface area (Å²) in [5.41, 5.74) is 3.48. The Morgan fingerprint density at radius 2 is 1.43 bits per heavy atom. The molecule has 0 radical (unpaired) electrons. The van der Waals surface area contributed by atoms with Crippen LogP contribution >= 0.6 is 0 Å². The van der Waals surface area contributed by atoms with Crippen LogP contribution in [0.3, 0.4) is 0 Å². The van der Waals surface area contributed by atoms with Gasteiger partial charge in [-0.15, -0.1) is 0 Å². The van der Waals surface area contributed by atoms with Crippen molar-refractivity contribution in [3.63, 3.8) is 0 Å². The first kappa shape index (κ1) is 16.0. The minimum Gasteiger partial charge on any atom is -0.369 e. The molecule has 0 atom stereocenters. The Bertz CT molecular complexity index is 777. The van der Waals surface area contributed by atoms with E-state index in [0.717, 1.165) is 18.7 Å². The highest BCUT2D eigenvalue weighted by molar-refractivity contribution is 7.89. The van der Waals surface area contributed by atoms with Crippen molar-refractivity contribution in [2.75, 3.05) is 31.1 Å². The van der Waals surface area contributed by atoms with E-state index in [9.17, 15) is 8.42 Å². The van der Waals surface area contributed by atoms with Gasteiger partial charge in [-0.05, 0) is 37.6 Å². The van der Waals surface area contributed by atoms with E-state index in [1.54, 1.807) is 16.4 Å². The molecule has 0 bridgehead atoms. The van der Waals surface area contributed by atoms with Crippen molar-refractivity contribution >= 4 is 15.7 Å². The lowest BCUT2D eigenvalue weighted by Crippen LogP contribution is -2.48. The Balaban J connectivity index is 1.74. The first-order valence-corrected chi connectivity index (χ1v) is 9.30. The van der Waals surface area contributed by atoms with Crippen LogP contribution < -0.4 is 4.90 Å².